The van der Waals surface area contributed by atoms with E-state index in [0.29, 0.717) is 0 Å². The molecule has 12 heavy (non-hydrogen) atoms. The van der Waals surface area contributed by atoms with Gasteiger partial charge in [-0.1, -0.05) is 6.07 Å². The number of rotatable bonds is 2. The van der Waals surface area contributed by atoms with Gasteiger partial charge in [-0.2, -0.15) is 5.10 Å². The van der Waals surface area contributed by atoms with Crippen LogP contribution in [0.5, 0.6) is 0 Å². The lowest BCUT2D eigenvalue weighted by Crippen LogP contribution is -1.94. The molecule has 0 aliphatic heterocycles. The second-order valence-electron chi connectivity index (χ2n) is 2.10. The summed E-state index contributed by atoms with van der Waals surface area (Å²) in [7, 11) is 0. The minimum Gasteiger partial charge on any atom is -0.276 e. The zero-order chi connectivity index (χ0) is 8.97. The van der Waals surface area contributed by atoms with Gasteiger partial charge in [-0.25, -0.2) is 8.78 Å². The average Bonchev–Trinajstić information content (AvgIpc) is 2.08. The summed E-state index contributed by atoms with van der Waals surface area (Å²) in [5, 5.41) is 3.56. The SMILES string of the molecule is C/C=N/Nc1cccc(F)c1F. The quantitative estimate of drug-likeness (QED) is 0.534. The number of nitrogens with one attached hydrogen (secondary N) is 1. The molecule has 1 N–H and O–H groups in total. The third-order valence-corrected chi connectivity index (χ3v) is 1.27. The molecule has 0 saturated carbocycles. The molecule has 0 heterocycles. The topological polar surface area (TPSA) is 24.4 Å². The van der Waals surface area contributed by atoms with Crippen molar-refractivity contribution in [3.05, 3.63) is 29.8 Å². The van der Waals surface area contributed by atoms with E-state index in [1.807, 2.05) is 0 Å². The zero-order valence-electron chi connectivity index (χ0n) is 6.51. The van der Waals surface area contributed by atoms with E-state index in [2.05, 4.69) is 10.5 Å². The van der Waals surface area contributed by atoms with E-state index in [4.69, 9.17) is 0 Å². The summed E-state index contributed by atoms with van der Waals surface area (Å²) in [4.78, 5) is 0. The van der Waals surface area contributed by atoms with Gasteiger partial charge < -0.3 is 0 Å². The molecule has 0 bridgehead atoms. The van der Waals surface area contributed by atoms with Crippen molar-refractivity contribution in [3.63, 3.8) is 0 Å². The summed E-state index contributed by atoms with van der Waals surface area (Å²) in [5.41, 5.74) is 2.39. The molecule has 0 aromatic heterocycles. The Kier molecular flexibility index (Phi) is 2.74. The van der Waals surface area contributed by atoms with Crippen LogP contribution in [-0.4, -0.2) is 6.21 Å². The maximum Gasteiger partial charge on any atom is 0.183 e. The first-order valence-electron chi connectivity index (χ1n) is 3.43. The van der Waals surface area contributed by atoms with E-state index < -0.39 is 11.6 Å². The Morgan fingerprint density at radius 3 is 2.83 bits per heavy atom. The molecule has 0 spiro atoms. The van der Waals surface area contributed by atoms with Crippen molar-refractivity contribution < 1.29 is 8.78 Å². The van der Waals surface area contributed by atoms with Gasteiger partial charge in [0.25, 0.3) is 0 Å². The summed E-state index contributed by atoms with van der Waals surface area (Å²) in [6.07, 6.45) is 1.45. The van der Waals surface area contributed by atoms with Crippen molar-refractivity contribution in [2.24, 2.45) is 5.10 Å². The van der Waals surface area contributed by atoms with Gasteiger partial charge in [0.1, 0.15) is 0 Å². The molecule has 0 saturated heterocycles. The van der Waals surface area contributed by atoms with E-state index in [1.54, 1.807) is 6.92 Å². The highest BCUT2D eigenvalue weighted by Crippen LogP contribution is 2.15. The summed E-state index contributed by atoms with van der Waals surface area (Å²) in [6.45, 7) is 1.67. The van der Waals surface area contributed by atoms with Crippen molar-refractivity contribution in [2.45, 2.75) is 6.92 Å². The monoisotopic (exact) mass is 170 g/mol. The van der Waals surface area contributed by atoms with Gasteiger partial charge in [-0.3, -0.25) is 5.43 Å². The summed E-state index contributed by atoms with van der Waals surface area (Å²) < 4.78 is 25.4. The molecule has 0 aliphatic rings. The van der Waals surface area contributed by atoms with E-state index in [1.165, 1.54) is 18.3 Å². The maximum absolute atomic E-state index is 12.8. The molecule has 0 fully saturated rings. The number of benzene rings is 1. The second kappa shape index (κ2) is 3.80. The van der Waals surface area contributed by atoms with Crippen LogP contribution in [0.1, 0.15) is 6.92 Å². The molecule has 4 heteroatoms. The van der Waals surface area contributed by atoms with Crippen molar-refractivity contribution >= 4 is 11.9 Å². The van der Waals surface area contributed by atoms with Crippen LogP contribution < -0.4 is 5.43 Å². The predicted octanol–water partition coefficient (Wildman–Crippen LogP) is 2.38. The van der Waals surface area contributed by atoms with Crippen LogP contribution in [0.15, 0.2) is 23.3 Å². The summed E-state index contributed by atoms with van der Waals surface area (Å²) in [6, 6.07) is 3.87. The first kappa shape index (κ1) is 8.64. The molecule has 0 amide bonds. The third-order valence-electron chi connectivity index (χ3n) is 1.27. The van der Waals surface area contributed by atoms with Crippen LogP contribution in [0, 0.1) is 11.6 Å². The highest BCUT2D eigenvalue weighted by Gasteiger charge is 2.05. The number of hydrogen-bond acceptors (Lipinski definition) is 2. The minimum absolute atomic E-state index is 0.0353. The van der Waals surface area contributed by atoms with Crippen molar-refractivity contribution in [1.29, 1.82) is 0 Å². The highest BCUT2D eigenvalue weighted by atomic mass is 19.2. The lowest BCUT2D eigenvalue weighted by atomic mass is 10.3. The second-order valence-corrected chi connectivity index (χ2v) is 2.10. The van der Waals surface area contributed by atoms with Gasteiger partial charge in [-0.15, -0.1) is 0 Å². The molecule has 0 unspecified atom stereocenters. The summed E-state index contributed by atoms with van der Waals surface area (Å²) >= 11 is 0. The molecular weight excluding hydrogens is 162 g/mol. The van der Waals surface area contributed by atoms with Gasteiger partial charge in [0.05, 0.1) is 5.69 Å². The van der Waals surface area contributed by atoms with Gasteiger partial charge in [0.2, 0.25) is 0 Å². The van der Waals surface area contributed by atoms with Crippen LogP contribution in [-0.2, 0) is 0 Å². The lowest BCUT2D eigenvalue weighted by Gasteiger charge is -2.00. The standard InChI is InChI=1S/C8H8F2N2/c1-2-11-12-7-5-3-4-6(9)8(7)10/h2-5,12H,1H3/b11-2+. The largest absolute Gasteiger partial charge is 0.276 e. The molecule has 1 rings (SSSR count). The number of nitrogens with zero attached hydrogens (tertiary/aromatic N) is 1. The Balaban J connectivity index is 2.92. The van der Waals surface area contributed by atoms with Crippen molar-refractivity contribution in [3.8, 4) is 0 Å². The Morgan fingerprint density at radius 2 is 2.17 bits per heavy atom. The normalized spacial score (nSPS) is 10.6. The lowest BCUT2D eigenvalue weighted by molar-refractivity contribution is 0.511. The maximum atomic E-state index is 12.8. The van der Waals surface area contributed by atoms with Gasteiger partial charge in [0.15, 0.2) is 11.6 Å². The smallest absolute Gasteiger partial charge is 0.183 e. The molecule has 2 nitrogen and oxygen atoms in total. The average molecular weight is 170 g/mol. The van der Waals surface area contributed by atoms with Crippen LogP contribution in [0.2, 0.25) is 0 Å². The van der Waals surface area contributed by atoms with E-state index in [-0.39, 0.29) is 5.69 Å². The fourth-order valence-electron chi connectivity index (χ4n) is 0.724. The minimum atomic E-state index is -0.914. The molecule has 1 aromatic rings. The molecule has 0 atom stereocenters. The fraction of sp³-hybridized carbons (Fsp3) is 0.125. The van der Waals surface area contributed by atoms with Crippen LogP contribution >= 0.6 is 0 Å². The molecule has 64 valence electrons. The number of halogens is 2. The number of anilines is 1. The van der Waals surface area contributed by atoms with Crippen molar-refractivity contribution in [1.82, 2.24) is 0 Å². The molecule has 0 radical (unpaired) electrons. The molecule has 1 aromatic carbocycles. The Labute approximate surface area is 68.9 Å². The van der Waals surface area contributed by atoms with Crippen LogP contribution in [0.25, 0.3) is 0 Å². The van der Waals surface area contributed by atoms with E-state index in [9.17, 15) is 8.78 Å². The molecule has 0 aliphatic carbocycles. The van der Waals surface area contributed by atoms with Crippen LogP contribution in [0.3, 0.4) is 0 Å². The van der Waals surface area contributed by atoms with Gasteiger partial charge in [-0.05, 0) is 19.1 Å². The first-order valence-corrected chi connectivity index (χ1v) is 3.43. The molecular formula is C8H8F2N2. The third kappa shape index (κ3) is 1.78. The first-order chi connectivity index (χ1) is 5.75. The number of hydrogen-bond donors (Lipinski definition) is 1. The van der Waals surface area contributed by atoms with Gasteiger partial charge in [0, 0.05) is 6.21 Å². The zero-order valence-corrected chi connectivity index (χ0v) is 6.51. The Bertz CT molecular complexity index is 297. The van der Waals surface area contributed by atoms with Crippen LogP contribution in [0.4, 0.5) is 14.5 Å². The predicted molar refractivity (Wildman–Crippen MR) is 44.1 cm³/mol. The van der Waals surface area contributed by atoms with Crippen molar-refractivity contribution in [2.75, 3.05) is 5.43 Å². The number of hydrazone groups is 1. The Hall–Kier alpha value is -1.45. The highest BCUT2D eigenvalue weighted by molar-refractivity contribution is 5.56. The van der Waals surface area contributed by atoms with Gasteiger partial charge >= 0.3 is 0 Å². The fourth-order valence-corrected chi connectivity index (χ4v) is 0.724. The Morgan fingerprint density at radius 1 is 1.42 bits per heavy atom. The van der Waals surface area contributed by atoms with E-state index in [0.717, 1.165) is 6.07 Å². The van der Waals surface area contributed by atoms with E-state index >= 15 is 0 Å². The summed E-state index contributed by atoms with van der Waals surface area (Å²) in [5.74, 6) is -1.80.